The number of hydrogen-bond donors (Lipinski definition) is 2. The van der Waals surface area contributed by atoms with Crippen LogP contribution in [0.25, 0.3) is 0 Å². The van der Waals surface area contributed by atoms with Crippen molar-refractivity contribution >= 4 is 0 Å². The number of unbranched alkanes of at least 4 members (excludes halogenated alkanes) is 1. The van der Waals surface area contributed by atoms with Crippen molar-refractivity contribution in [3.05, 3.63) is 35.4 Å². The zero-order chi connectivity index (χ0) is 10.4. The van der Waals surface area contributed by atoms with E-state index >= 15 is 0 Å². The van der Waals surface area contributed by atoms with Crippen LogP contribution in [0.5, 0.6) is 0 Å². The average molecular weight is 193 g/mol. The van der Waals surface area contributed by atoms with Crippen LogP contribution >= 0.6 is 0 Å². The van der Waals surface area contributed by atoms with Crippen molar-refractivity contribution in [3.8, 4) is 0 Å². The Bertz CT molecular complexity index is 273. The molecule has 0 aromatic heterocycles. The van der Waals surface area contributed by atoms with E-state index in [-0.39, 0.29) is 12.6 Å². The highest BCUT2D eigenvalue weighted by Crippen LogP contribution is 2.17. The molecular formula is C12H19NO. The highest BCUT2D eigenvalue weighted by molar-refractivity contribution is 5.25. The molecule has 0 amide bonds. The highest BCUT2D eigenvalue weighted by Gasteiger charge is 2.05. The Hall–Kier alpha value is -0.860. The van der Waals surface area contributed by atoms with Gasteiger partial charge in [0.05, 0.1) is 6.61 Å². The molecule has 0 saturated carbocycles. The third-order valence-electron chi connectivity index (χ3n) is 2.43. The maximum Gasteiger partial charge on any atom is 0.0681 e. The Morgan fingerprint density at radius 3 is 2.86 bits per heavy atom. The first-order valence-electron chi connectivity index (χ1n) is 5.23. The topological polar surface area (TPSA) is 46.2 Å². The van der Waals surface area contributed by atoms with E-state index in [2.05, 4.69) is 6.92 Å². The quantitative estimate of drug-likeness (QED) is 0.754. The van der Waals surface area contributed by atoms with Crippen molar-refractivity contribution < 1.29 is 5.11 Å². The summed E-state index contributed by atoms with van der Waals surface area (Å²) in [5.41, 5.74) is 8.09. The maximum atomic E-state index is 8.98. The minimum absolute atomic E-state index is 0.0916. The summed E-state index contributed by atoms with van der Waals surface area (Å²) in [4.78, 5) is 0. The zero-order valence-corrected chi connectivity index (χ0v) is 8.74. The summed E-state index contributed by atoms with van der Waals surface area (Å²) in [6.45, 7) is 2.26. The van der Waals surface area contributed by atoms with Crippen LogP contribution in [0.4, 0.5) is 0 Å². The van der Waals surface area contributed by atoms with E-state index in [0.29, 0.717) is 0 Å². The van der Waals surface area contributed by atoms with Crippen LogP contribution in [0, 0.1) is 0 Å². The summed E-state index contributed by atoms with van der Waals surface area (Å²) >= 11 is 0. The SMILES string of the molecule is CCCC[C@@H](N)c1cccc(CO)c1. The van der Waals surface area contributed by atoms with Gasteiger partial charge >= 0.3 is 0 Å². The number of benzene rings is 1. The van der Waals surface area contributed by atoms with Crippen LogP contribution in [0.1, 0.15) is 43.4 Å². The van der Waals surface area contributed by atoms with Crippen molar-refractivity contribution in [1.29, 1.82) is 0 Å². The largest absolute Gasteiger partial charge is 0.392 e. The molecule has 1 atom stereocenters. The Morgan fingerprint density at radius 2 is 2.21 bits per heavy atom. The lowest BCUT2D eigenvalue weighted by Crippen LogP contribution is -2.10. The van der Waals surface area contributed by atoms with Crippen LogP contribution in [0.3, 0.4) is 0 Å². The van der Waals surface area contributed by atoms with Gasteiger partial charge in [0.1, 0.15) is 0 Å². The van der Waals surface area contributed by atoms with Crippen molar-refractivity contribution in [2.75, 3.05) is 0 Å². The Morgan fingerprint density at radius 1 is 1.43 bits per heavy atom. The number of hydrogen-bond acceptors (Lipinski definition) is 2. The third kappa shape index (κ3) is 3.13. The Kier molecular flexibility index (Phi) is 4.63. The summed E-state index contributed by atoms with van der Waals surface area (Å²) in [6, 6.07) is 7.99. The summed E-state index contributed by atoms with van der Waals surface area (Å²) in [6.07, 6.45) is 3.35. The van der Waals surface area contributed by atoms with E-state index in [9.17, 15) is 0 Å². The van der Waals surface area contributed by atoms with Gasteiger partial charge in [-0.05, 0) is 17.5 Å². The summed E-state index contributed by atoms with van der Waals surface area (Å²) < 4.78 is 0. The second-order valence-electron chi connectivity index (χ2n) is 3.65. The van der Waals surface area contributed by atoms with E-state index in [1.165, 1.54) is 6.42 Å². The lowest BCUT2D eigenvalue weighted by Gasteiger charge is -2.12. The minimum atomic E-state index is 0.0916. The summed E-state index contributed by atoms with van der Waals surface area (Å²) in [5, 5.41) is 8.98. The normalized spacial score (nSPS) is 12.8. The van der Waals surface area contributed by atoms with Crippen molar-refractivity contribution in [3.63, 3.8) is 0 Å². The Labute approximate surface area is 85.8 Å². The highest BCUT2D eigenvalue weighted by atomic mass is 16.3. The van der Waals surface area contributed by atoms with Gasteiger partial charge in [-0.15, -0.1) is 0 Å². The molecule has 0 spiro atoms. The van der Waals surface area contributed by atoms with Crippen molar-refractivity contribution in [2.24, 2.45) is 5.73 Å². The molecule has 0 bridgehead atoms. The van der Waals surface area contributed by atoms with E-state index in [0.717, 1.165) is 24.0 Å². The first-order chi connectivity index (χ1) is 6.77. The fourth-order valence-electron chi connectivity index (χ4n) is 1.51. The summed E-state index contributed by atoms with van der Waals surface area (Å²) in [5.74, 6) is 0. The standard InChI is InChI=1S/C12H19NO/c1-2-3-7-12(13)11-6-4-5-10(8-11)9-14/h4-6,8,12,14H,2-3,7,9,13H2,1H3/t12-/m1/s1. The maximum absolute atomic E-state index is 8.98. The lowest BCUT2D eigenvalue weighted by molar-refractivity contribution is 0.281. The molecule has 0 radical (unpaired) electrons. The average Bonchev–Trinajstić information content (AvgIpc) is 2.26. The molecule has 1 aromatic carbocycles. The monoisotopic (exact) mass is 193 g/mol. The second kappa shape index (κ2) is 5.78. The van der Waals surface area contributed by atoms with Gasteiger partial charge in [0.25, 0.3) is 0 Å². The smallest absolute Gasteiger partial charge is 0.0681 e. The second-order valence-corrected chi connectivity index (χ2v) is 3.65. The molecule has 2 heteroatoms. The summed E-state index contributed by atoms with van der Waals surface area (Å²) in [7, 11) is 0. The van der Waals surface area contributed by atoms with Crippen LogP contribution in [-0.2, 0) is 6.61 Å². The van der Waals surface area contributed by atoms with Crippen molar-refractivity contribution in [2.45, 2.75) is 38.8 Å². The molecule has 0 unspecified atom stereocenters. The van der Waals surface area contributed by atoms with E-state index in [4.69, 9.17) is 10.8 Å². The molecule has 1 aromatic rings. The molecular weight excluding hydrogens is 174 g/mol. The van der Waals surface area contributed by atoms with Gasteiger partial charge in [-0.1, -0.05) is 44.0 Å². The molecule has 78 valence electrons. The van der Waals surface area contributed by atoms with Gasteiger partial charge in [0, 0.05) is 6.04 Å². The third-order valence-corrected chi connectivity index (χ3v) is 2.43. The first-order valence-corrected chi connectivity index (χ1v) is 5.23. The molecule has 14 heavy (non-hydrogen) atoms. The van der Waals surface area contributed by atoms with Crippen LogP contribution < -0.4 is 5.73 Å². The van der Waals surface area contributed by atoms with Gasteiger partial charge in [0.15, 0.2) is 0 Å². The molecule has 0 heterocycles. The van der Waals surface area contributed by atoms with Gasteiger partial charge in [0.2, 0.25) is 0 Å². The predicted octanol–water partition coefficient (Wildman–Crippen LogP) is 2.37. The predicted molar refractivity (Wildman–Crippen MR) is 58.8 cm³/mol. The molecule has 0 saturated heterocycles. The number of aliphatic hydroxyl groups excluding tert-OH is 1. The number of rotatable bonds is 5. The van der Waals surface area contributed by atoms with E-state index < -0.39 is 0 Å². The fourth-order valence-corrected chi connectivity index (χ4v) is 1.51. The van der Waals surface area contributed by atoms with Crippen LogP contribution in [0.15, 0.2) is 24.3 Å². The molecule has 0 aliphatic carbocycles. The zero-order valence-electron chi connectivity index (χ0n) is 8.74. The molecule has 1 rings (SSSR count). The fraction of sp³-hybridized carbons (Fsp3) is 0.500. The van der Waals surface area contributed by atoms with Gasteiger partial charge in [-0.3, -0.25) is 0 Å². The van der Waals surface area contributed by atoms with E-state index in [1.54, 1.807) is 0 Å². The lowest BCUT2D eigenvalue weighted by atomic mass is 10.0. The molecule has 2 nitrogen and oxygen atoms in total. The Balaban J connectivity index is 2.64. The van der Waals surface area contributed by atoms with Crippen molar-refractivity contribution in [1.82, 2.24) is 0 Å². The minimum Gasteiger partial charge on any atom is -0.392 e. The van der Waals surface area contributed by atoms with Crippen LogP contribution in [0.2, 0.25) is 0 Å². The van der Waals surface area contributed by atoms with Crippen LogP contribution in [-0.4, -0.2) is 5.11 Å². The first kappa shape index (κ1) is 11.2. The molecule has 0 aliphatic heterocycles. The molecule has 0 aliphatic rings. The van der Waals surface area contributed by atoms with Gasteiger partial charge in [-0.25, -0.2) is 0 Å². The number of nitrogens with two attached hydrogens (primary N) is 1. The van der Waals surface area contributed by atoms with E-state index in [1.807, 2.05) is 24.3 Å². The number of aliphatic hydroxyl groups is 1. The molecule has 0 fully saturated rings. The van der Waals surface area contributed by atoms with Gasteiger partial charge < -0.3 is 10.8 Å². The molecule has 3 N–H and O–H groups in total. The van der Waals surface area contributed by atoms with Gasteiger partial charge in [-0.2, -0.15) is 0 Å².